The van der Waals surface area contributed by atoms with Crippen LogP contribution in [0.3, 0.4) is 0 Å². The zero-order chi connectivity index (χ0) is 23.8. The van der Waals surface area contributed by atoms with Gasteiger partial charge in [-0.15, -0.1) is 0 Å². The Morgan fingerprint density at radius 3 is 2.45 bits per heavy atom. The van der Waals surface area contributed by atoms with E-state index in [1.54, 1.807) is 17.1 Å². The molecular formula is C25H27F2N3O3. The van der Waals surface area contributed by atoms with E-state index in [0.29, 0.717) is 30.9 Å². The third-order valence-electron chi connectivity index (χ3n) is 5.51. The number of hydrogen-bond acceptors (Lipinski definition) is 4. The quantitative estimate of drug-likeness (QED) is 0.654. The van der Waals surface area contributed by atoms with Gasteiger partial charge in [0.2, 0.25) is 5.91 Å². The molecule has 1 unspecified atom stereocenters. The predicted octanol–water partition coefficient (Wildman–Crippen LogP) is 4.90. The summed E-state index contributed by atoms with van der Waals surface area (Å²) in [6, 6.07) is 8.75. The number of carbonyl (C=O) groups excluding carboxylic acids is 2. The summed E-state index contributed by atoms with van der Waals surface area (Å²) in [6.07, 6.45) is 3.28. The van der Waals surface area contributed by atoms with Gasteiger partial charge >= 0.3 is 6.09 Å². The highest BCUT2D eigenvalue weighted by molar-refractivity contribution is 5.97. The van der Waals surface area contributed by atoms with Crippen LogP contribution in [0.4, 0.5) is 25.0 Å². The summed E-state index contributed by atoms with van der Waals surface area (Å²) < 4.78 is 32.4. The Labute approximate surface area is 191 Å². The molecule has 1 saturated heterocycles. The van der Waals surface area contributed by atoms with Gasteiger partial charge in [-0.3, -0.25) is 4.79 Å². The normalized spacial score (nSPS) is 18.5. The number of nitrogens with one attached hydrogen (secondary N) is 1. The van der Waals surface area contributed by atoms with E-state index in [1.165, 1.54) is 12.1 Å². The lowest BCUT2D eigenvalue weighted by atomic mass is 10.1. The summed E-state index contributed by atoms with van der Waals surface area (Å²) in [5, 5.41) is 2.94. The minimum Gasteiger partial charge on any atom is -0.444 e. The fourth-order valence-corrected chi connectivity index (χ4v) is 4.11. The average Bonchev–Trinajstić information content (AvgIpc) is 2.84. The van der Waals surface area contributed by atoms with Gasteiger partial charge in [-0.05, 0) is 56.2 Å². The molecule has 0 radical (unpaired) electrons. The minimum absolute atomic E-state index is 0.117. The van der Waals surface area contributed by atoms with E-state index < -0.39 is 17.2 Å². The zero-order valence-electron chi connectivity index (χ0n) is 18.9. The van der Waals surface area contributed by atoms with Crippen LogP contribution in [0.2, 0.25) is 0 Å². The zero-order valence-corrected chi connectivity index (χ0v) is 18.9. The van der Waals surface area contributed by atoms with Crippen molar-refractivity contribution in [3.05, 3.63) is 59.2 Å². The number of amides is 2. The van der Waals surface area contributed by atoms with Crippen molar-refractivity contribution in [2.45, 2.75) is 38.8 Å². The number of hydrogen-bond donors (Lipinski definition) is 1. The first kappa shape index (κ1) is 22.8. The number of nitrogens with zero attached hydrogens (tertiary/aromatic N) is 2. The van der Waals surface area contributed by atoms with Gasteiger partial charge in [-0.1, -0.05) is 18.2 Å². The van der Waals surface area contributed by atoms with Gasteiger partial charge in [-0.25, -0.2) is 13.6 Å². The molecule has 0 aliphatic carbocycles. The molecule has 4 rings (SSSR count). The molecule has 0 saturated carbocycles. The highest BCUT2D eigenvalue weighted by Gasteiger charge is 2.36. The summed E-state index contributed by atoms with van der Waals surface area (Å²) >= 11 is 0. The van der Waals surface area contributed by atoms with Crippen molar-refractivity contribution in [3.8, 4) is 0 Å². The Morgan fingerprint density at radius 1 is 1.06 bits per heavy atom. The van der Waals surface area contributed by atoms with Crippen LogP contribution in [0.25, 0.3) is 12.2 Å². The van der Waals surface area contributed by atoms with Crippen molar-refractivity contribution >= 4 is 35.5 Å². The van der Waals surface area contributed by atoms with E-state index in [1.807, 2.05) is 39.0 Å². The molecule has 2 aliphatic heterocycles. The lowest BCUT2D eigenvalue weighted by molar-refractivity contribution is -0.116. The Kier molecular flexibility index (Phi) is 6.10. The highest BCUT2D eigenvalue weighted by atomic mass is 19.1. The topological polar surface area (TPSA) is 61.9 Å². The van der Waals surface area contributed by atoms with Crippen molar-refractivity contribution in [2.75, 3.05) is 29.9 Å². The molecule has 1 fully saturated rings. The first-order valence-corrected chi connectivity index (χ1v) is 10.9. The second kappa shape index (κ2) is 8.84. The molecule has 2 aromatic carbocycles. The van der Waals surface area contributed by atoms with Crippen LogP contribution in [-0.2, 0) is 9.53 Å². The number of rotatable bonds is 2. The van der Waals surface area contributed by atoms with E-state index >= 15 is 0 Å². The SMILES string of the molecule is CC(C)(C)OC(=O)N1CCN2c3cc(C=Cc4cc(F)cc(F)c4)ccc3NC(=O)CC2C1. The van der Waals surface area contributed by atoms with E-state index in [9.17, 15) is 18.4 Å². The molecule has 0 bridgehead atoms. The van der Waals surface area contributed by atoms with Gasteiger partial charge in [-0.2, -0.15) is 0 Å². The largest absolute Gasteiger partial charge is 0.444 e. The predicted molar refractivity (Wildman–Crippen MR) is 124 cm³/mol. The standard InChI is InChI=1S/C25H27F2N3O3/c1-25(2,3)33-24(32)29-8-9-30-20(15-29)14-23(31)28-21-7-6-16(12-22(21)30)4-5-17-10-18(26)13-19(27)11-17/h4-7,10-13,20H,8-9,14-15H2,1-3H3,(H,28,31). The third kappa shape index (κ3) is 5.50. The monoisotopic (exact) mass is 455 g/mol. The maximum atomic E-state index is 13.5. The highest BCUT2D eigenvalue weighted by Crippen LogP contribution is 2.35. The lowest BCUT2D eigenvalue weighted by Crippen LogP contribution is -2.55. The second-order valence-electron chi connectivity index (χ2n) is 9.34. The average molecular weight is 456 g/mol. The fraction of sp³-hybridized carbons (Fsp3) is 0.360. The molecule has 2 aliphatic rings. The van der Waals surface area contributed by atoms with Crippen LogP contribution in [0.1, 0.15) is 38.3 Å². The molecule has 0 aromatic heterocycles. The molecular weight excluding hydrogens is 428 g/mol. The maximum Gasteiger partial charge on any atom is 0.410 e. The summed E-state index contributed by atoms with van der Waals surface area (Å²) in [5.41, 5.74) is 2.19. The number of piperazine rings is 1. The lowest BCUT2D eigenvalue weighted by Gasteiger charge is -2.42. The Bertz CT molecular complexity index is 1090. The summed E-state index contributed by atoms with van der Waals surface area (Å²) in [5.74, 6) is -1.39. The van der Waals surface area contributed by atoms with Crippen molar-refractivity contribution < 1.29 is 23.1 Å². The summed E-state index contributed by atoms with van der Waals surface area (Å²) in [7, 11) is 0. The maximum absolute atomic E-state index is 13.5. The second-order valence-corrected chi connectivity index (χ2v) is 9.34. The number of halogens is 2. The Morgan fingerprint density at radius 2 is 1.76 bits per heavy atom. The van der Waals surface area contributed by atoms with Gasteiger partial charge in [0, 0.05) is 32.1 Å². The van der Waals surface area contributed by atoms with Crippen molar-refractivity contribution in [3.63, 3.8) is 0 Å². The van der Waals surface area contributed by atoms with Crippen LogP contribution in [0, 0.1) is 11.6 Å². The van der Waals surface area contributed by atoms with Gasteiger partial charge in [0.25, 0.3) is 0 Å². The number of anilines is 2. The van der Waals surface area contributed by atoms with Crippen molar-refractivity contribution in [1.82, 2.24) is 4.90 Å². The number of fused-ring (bicyclic) bond motifs is 3. The third-order valence-corrected chi connectivity index (χ3v) is 5.51. The fourth-order valence-electron chi connectivity index (χ4n) is 4.11. The van der Waals surface area contributed by atoms with E-state index in [0.717, 1.165) is 17.3 Å². The van der Waals surface area contributed by atoms with Crippen LogP contribution in [0.15, 0.2) is 36.4 Å². The molecule has 174 valence electrons. The van der Waals surface area contributed by atoms with E-state index in [4.69, 9.17) is 4.74 Å². The molecule has 1 atom stereocenters. The molecule has 8 heteroatoms. The molecule has 33 heavy (non-hydrogen) atoms. The minimum atomic E-state index is -0.634. The summed E-state index contributed by atoms with van der Waals surface area (Å²) in [4.78, 5) is 28.8. The van der Waals surface area contributed by atoms with Crippen molar-refractivity contribution in [2.24, 2.45) is 0 Å². The number of ether oxygens (including phenoxy) is 1. The molecule has 6 nitrogen and oxygen atoms in total. The van der Waals surface area contributed by atoms with Gasteiger partial charge in [0.15, 0.2) is 0 Å². The first-order chi connectivity index (χ1) is 15.6. The number of benzene rings is 2. The van der Waals surface area contributed by atoms with Gasteiger partial charge < -0.3 is 19.9 Å². The Hall–Kier alpha value is -3.42. The van der Waals surface area contributed by atoms with Gasteiger partial charge in [0.05, 0.1) is 17.4 Å². The van der Waals surface area contributed by atoms with Crippen LogP contribution >= 0.6 is 0 Å². The van der Waals surface area contributed by atoms with Gasteiger partial charge in [0.1, 0.15) is 17.2 Å². The van der Waals surface area contributed by atoms with Crippen LogP contribution in [-0.4, -0.2) is 48.2 Å². The van der Waals surface area contributed by atoms with E-state index in [2.05, 4.69) is 10.2 Å². The molecule has 2 aromatic rings. The number of carbonyl (C=O) groups is 2. The molecule has 2 heterocycles. The first-order valence-electron chi connectivity index (χ1n) is 10.9. The molecule has 1 N–H and O–H groups in total. The van der Waals surface area contributed by atoms with Crippen molar-refractivity contribution in [1.29, 1.82) is 0 Å². The Balaban J connectivity index is 1.57. The summed E-state index contributed by atoms with van der Waals surface area (Å²) in [6.45, 7) is 6.87. The molecule has 0 spiro atoms. The van der Waals surface area contributed by atoms with Crippen LogP contribution in [0.5, 0.6) is 0 Å². The van der Waals surface area contributed by atoms with Crippen LogP contribution < -0.4 is 10.2 Å². The van der Waals surface area contributed by atoms with E-state index in [-0.39, 0.29) is 24.5 Å². The molecule has 2 amide bonds. The smallest absolute Gasteiger partial charge is 0.410 e.